The van der Waals surface area contributed by atoms with Crippen LogP contribution in [0.4, 0.5) is 0 Å². The summed E-state index contributed by atoms with van der Waals surface area (Å²) in [6.07, 6.45) is 1.46. The molecule has 0 unspecified atom stereocenters. The standard InChI is InChI=1S/C16H11ClN4O3/c17-9-4-3-5-10(8-9)21-15(23)12(14(22)20-16(21)24)13(18)11-6-1-2-7-19-11/h1-8,18,23H,(H,20,22,24). The van der Waals surface area contributed by atoms with Crippen LogP contribution in [0, 0.1) is 5.41 Å². The number of aromatic hydroxyl groups is 1. The first-order valence-corrected chi connectivity index (χ1v) is 7.21. The molecular weight excluding hydrogens is 332 g/mol. The monoisotopic (exact) mass is 342 g/mol. The summed E-state index contributed by atoms with van der Waals surface area (Å²) in [7, 11) is 0. The first kappa shape index (κ1) is 15.7. The molecule has 7 nitrogen and oxygen atoms in total. The highest BCUT2D eigenvalue weighted by molar-refractivity contribution is 6.30. The van der Waals surface area contributed by atoms with Crippen molar-refractivity contribution < 1.29 is 5.11 Å². The number of halogens is 1. The molecule has 2 aromatic heterocycles. The number of H-pyrrole nitrogens is 1. The molecular formula is C16H11ClN4O3. The molecule has 0 aliphatic heterocycles. The molecule has 8 heteroatoms. The lowest BCUT2D eigenvalue weighted by atomic mass is 10.1. The Bertz CT molecular complexity index is 1040. The van der Waals surface area contributed by atoms with Gasteiger partial charge in [0.15, 0.2) is 0 Å². The summed E-state index contributed by atoms with van der Waals surface area (Å²) in [5, 5.41) is 19.0. The number of nitrogens with one attached hydrogen (secondary N) is 2. The van der Waals surface area contributed by atoms with E-state index >= 15 is 0 Å². The van der Waals surface area contributed by atoms with Crippen LogP contribution < -0.4 is 11.2 Å². The van der Waals surface area contributed by atoms with Gasteiger partial charge in [-0.25, -0.2) is 9.36 Å². The van der Waals surface area contributed by atoms with E-state index in [1.807, 2.05) is 0 Å². The fourth-order valence-corrected chi connectivity index (χ4v) is 2.43. The molecule has 0 aliphatic carbocycles. The van der Waals surface area contributed by atoms with Gasteiger partial charge in [-0.3, -0.25) is 20.2 Å². The van der Waals surface area contributed by atoms with Gasteiger partial charge >= 0.3 is 5.69 Å². The van der Waals surface area contributed by atoms with Crippen LogP contribution in [-0.2, 0) is 0 Å². The van der Waals surface area contributed by atoms with E-state index in [0.717, 1.165) is 4.57 Å². The van der Waals surface area contributed by atoms with Gasteiger partial charge in [-0.15, -0.1) is 0 Å². The van der Waals surface area contributed by atoms with Crippen molar-refractivity contribution in [2.24, 2.45) is 0 Å². The lowest BCUT2D eigenvalue weighted by Gasteiger charge is -2.12. The Kier molecular flexibility index (Phi) is 4.01. The average molecular weight is 343 g/mol. The van der Waals surface area contributed by atoms with E-state index in [1.165, 1.54) is 18.3 Å². The van der Waals surface area contributed by atoms with Crippen LogP contribution in [-0.4, -0.2) is 25.4 Å². The molecule has 2 heterocycles. The third-order valence-corrected chi connectivity index (χ3v) is 3.56. The third kappa shape index (κ3) is 2.72. The van der Waals surface area contributed by atoms with Gasteiger partial charge in [0.05, 0.1) is 17.1 Å². The van der Waals surface area contributed by atoms with Crippen LogP contribution >= 0.6 is 11.6 Å². The zero-order valence-corrected chi connectivity index (χ0v) is 12.9. The minimum absolute atomic E-state index is 0.189. The molecule has 24 heavy (non-hydrogen) atoms. The van der Waals surface area contributed by atoms with Gasteiger partial charge in [-0.1, -0.05) is 23.7 Å². The van der Waals surface area contributed by atoms with Crippen LogP contribution in [0.3, 0.4) is 0 Å². The molecule has 0 bridgehead atoms. The maximum Gasteiger partial charge on any atom is 0.335 e. The summed E-state index contributed by atoms with van der Waals surface area (Å²) in [5.41, 5.74) is -1.91. The highest BCUT2D eigenvalue weighted by Crippen LogP contribution is 2.20. The maximum atomic E-state index is 12.1. The molecule has 0 aliphatic rings. The van der Waals surface area contributed by atoms with Crippen LogP contribution in [0.15, 0.2) is 58.3 Å². The smallest absolute Gasteiger partial charge is 0.335 e. The number of aromatic amines is 1. The predicted octanol–water partition coefficient (Wildman–Crippen LogP) is 1.70. The first-order valence-electron chi connectivity index (χ1n) is 6.83. The Hall–Kier alpha value is -3.19. The van der Waals surface area contributed by atoms with Crippen molar-refractivity contribution in [3.05, 3.63) is 85.8 Å². The van der Waals surface area contributed by atoms with Gasteiger partial charge in [-0.05, 0) is 30.3 Å². The lowest BCUT2D eigenvalue weighted by Crippen LogP contribution is -2.33. The Labute approximate surface area is 140 Å². The SMILES string of the molecule is N=C(c1ccccn1)c1c(O)n(-c2cccc(Cl)c2)c(=O)[nH]c1=O. The molecule has 0 amide bonds. The highest BCUT2D eigenvalue weighted by Gasteiger charge is 2.21. The van der Waals surface area contributed by atoms with Crippen LogP contribution in [0.1, 0.15) is 11.3 Å². The number of rotatable bonds is 3. The molecule has 3 aromatic rings. The molecule has 0 atom stereocenters. The first-order chi connectivity index (χ1) is 11.5. The fourth-order valence-electron chi connectivity index (χ4n) is 2.24. The van der Waals surface area contributed by atoms with Crippen LogP contribution in [0.5, 0.6) is 5.88 Å². The molecule has 3 N–H and O–H groups in total. The molecule has 0 fully saturated rings. The van der Waals surface area contributed by atoms with Gasteiger partial charge in [0, 0.05) is 11.2 Å². The van der Waals surface area contributed by atoms with E-state index in [2.05, 4.69) is 9.97 Å². The van der Waals surface area contributed by atoms with E-state index in [1.54, 1.807) is 30.3 Å². The Morgan fingerprint density at radius 1 is 1.21 bits per heavy atom. The van der Waals surface area contributed by atoms with Crippen molar-refractivity contribution in [1.82, 2.24) is 14.5 Å². The van der Waals surface area contributed by atoms with E-state index in [-0.39, 0.29) is 22.7 Å². The molecule has 0 saturated heterocycles. The zero-order valence-electron chi connectivity index (χ0n) is 12.2. The Morgan fingerprint density at radius 2 is 2.00 bits per heavy atom. The van der Waals surface area contributed by atoms with Crippen molar-refractivity contribution in [1.29, 1.82) is 5.41 Å². The number of aromatic nitrogens is 3. The van der Waals surface area contributed by atoms with Gasteiger partial charge in [0.1, 0.15) is 5.56 Å². The minimum Gasteiger partial charge on any atom is -0.493 e. The van der Waals surface area contributed by atoms with Crippen LogP contribution in [0.25, 0.3) is 5.69 Å². The number of hydrogen-bond donors (Lipinski definition) is 3. The molecule has 3 rings (SSSR count). The van der Waals surface area contributed by atoms with Crippen LogP contribution in [0.2, 0.25) is 5.02 Å². The number of benzene rings is 1. The van der Waals surface area contributed by atoms with Crippen molar-refractivity contribution >= 4 is 17.3 Å². The van der Waals surface area contributed by atoms with Crippen molar-refractivity contribution in [2.75, 3.05) is 0 Å². The van der Waals surface area contributed by atoms with Crippen molar-refractivity contribution in [3.8, 4) is 11.6 Å². The largest absolute Gasteiger partial charge is 0.493 e. The quantitative estimate of drug-likeness (QED) is 0.629. The van der Waals surface area contributed by atoms with Gasteiger partial charge in [-0.2, -0.15) is 0 Å². The summed E-state index contributed by atoms with van der Waals surface area (Å²) in [4.78, 5) is 30.3. The topological polar surface area (TPSA) is 112 Å². The maximum absolute atomic E-state index is 12.1. The Balaban J connectivity index is 2.26. The zero-order chi connectivity index (χ0) is 17.3. The second-order valence-corrected chi connectivity index (χ2v) is 5.30. The van der Waals surface area contributed by atoms with Crippen molar-refractivity contribution in [3.63, 3.8) is 0 Å². The normalized spacial score (nSPS) is 10.5. The number of nitrogens with zero attached hydrogens (tertiary/aromatic N) is 2. The predicted molar refractivity (Wildman–Crippen MR) is 89.5 cm³/mol. The van der Waals surface area contributed by atoms with E-state index < -0.39 is 17.1 Å². The molecule has 1 aromatic carbocycles. The fraction of sp³-hybridized carbons (Fsp3) is 0. The minimum atomic E-state index is -0.869. The van der Waals surface area contributed by atoms with E-state index in [4.69, 9.17) is 17.0 Å². The van der Waals surface area contributed by atoms with E-state index in [0.29, 0.717) is 5.02 Å². The summed E-state index contributed by atoms with van der Waals surface area (Å²) in [6.45, 7) is 0. The van der Waals surface area contributed by atoms with Gasteiger partial charge in [0.25, 0.3) is 5.56 Å². The van der Waals surface area contributed by atoms with E-state index in [9.17, 15) is 14.7 Å². The second-order valence-electron chi connectivity index (χ2n) is 4.86. The number of pyridine rings is 1. The third-order valence-electron chi connectivity index (χ3n) is 3.32. The summed E-state index contributed by atoms with van der Waals surface area (Å²) in [5.74, 6) is -0.651. The number of hydrogen-bond acceptors (Lipinski definition) is 5. The average Bonchev–Trinajstić information content (AvgIpc) is 2.55. The second kappa shape index (κ2) is 6.13. The Morgan fingerprint density at radius 3 is 2.67 bits per heavy atom. The van der Waals surface area contributed by atoms with Gasteiger partial charge < -0.3 is 5.11 Å². The molecule has 0 spiro atoms. The molecule has 0 radical (unpaired) electrons. The lowest BCUT2D eigenvalue weighted by molar-refractivity contribution is 0.430. The molecule has 120 valence electrons. The highest BCUT2D eigenvalue weighted by atomic mass is 35.5. The molecule has 0 saturated carbocycles. The summed E-state index contributed by atoms with van der Waals surface area (Å²) in [6, 6.07) is 11.0. The summed E-state index contributed by atoms with van der Waals surface area (Å²) >= 11 is 5.91. The van der Waals surface area contributed by atoms with Crippen molar-refractivity contribution in [2.45, 2.75) is 0 Å². The van der Waals surface area contributed by atoms with Gasteiger partial charge in [0.2, 0.25) is 5.88 Å². The summed E-state index contributed by atoms with van der Waals surface area (Å²) < 4.78 is 0.875.